The topological polar surface area (TPSA) is 51.0 Å². The summed E-state index contributed by atoms with van der Waals surface area (Å²) < 4.78 is 2.27. The molecule has 8 heteroatoms. The van der Waals surface area contributed by atoms with Crippen LogP contribution in [0.1, 0.15) is 42.9 Å². The van der Waals surface area contributed by atoms with Gasteiger partial charge in [0.2, 0.25) is 5.91 Å². The molecule has 2 aliphatic rings. The summed E-state index contributed by atoms with van der Waals surface area (Å²) in [6.07, 6.45) is 4.15. The van der Waals surface area contributed by atoms with E-state index in [2.05, 4.69) is 57.4 Å². The van der Waals surface area contributed by atoms with E-state index in [1.165, 1.54) is 34.4 Å². The van der Waals surface area contributed by atoms with Gasteiger partial charge in [0.05, 0.1) is 11.4 Å². The normalized spacial score (nSPS) is 18.8. The van der Waals surface area contributed by atoms with E-state index < -0.39 is 0 Å². The number of hydrogen-bond acceptors (Lipinski definition) is 6. The molecular formula is C22H24N4OS3. The maximum Gasteiger partial charge on any atom is 0.237 e. The fraction of sp³-hybridized carbons (Fsp3) is 0.409. The minimum atomic E-state index is 0.146. The van der Waals surface area contributed by atoms with Crippen LogP contribution in [-0.2, 0) is 11.2 Å². The molecule has 1 aliphatic heterocycles. The molecule has 0 radical (unpaired) electrons. The third-order valence-electron chi connectivity index (χ3n) is 5.43. The minimum absolute atomic E-state index is 0.146. The number of nitrogens with zero attached hydrogens (tertiary/aromatic N) is 4. The lowest BCUT2D eigenvalue weighted by Gasteiger charge is -2.22. The van der Waals surface area contributed by atoms with Crippen LogP contribution in [0.5, 0.6) is 0 Å². The van der Waals surface area contributed by atoms with Gasteiger partial charge in [0.25, 0.3) is 0 Å². The SMILES string of the molecule is C[C@H]1CCN(C(=O)CSc2nnc(Cc3cccs3)n2C2CC2)c2ccccc2S1. The quantitative estimate of drug-likeness (QED) is 0.473. The van der Waals surface area contributed by atoms with Gasteiger partial charge in [-0.2, -0.15) is 0 Å². The van der Waals surface area contributed by atoms with Crippen molar-refractivity contribution in [3.63, 3.8) is 0 Å². The van der Waals surface area contributed by atoms with Gasteiger partial charge in [-0.3, -0.25) is 4.79 Å². The Bertz CT molecular complexity index is 1030. The summed E-state index contributed by atoms with van der Waals surface area (Å²) in [4.78, 5) is 17.6. The molecule has 2 aromatic heterocycles. The summed E-state index contributed by atoms with van der Waals surface area (Å²) in [5.74, 6) is 1.55. The van der Waals surface area contributed by atoms with Gasteiger partial charge >= 0.3 is 0 Å². The van der Waals surface area contributed by atoms with Gasteiger partial charge in [0.1, 0.15) is 5.82 Å². The Morgan fingerprint density at radius 3 is 2.83 bits per heavy atom. The molecule has 3 aromatic rings. The summed E-state index contributed by atoms with van der Waals surface area (Å²) in [6, 6.07) is 13.0. The number of rotatable bonds is 6. The van der Waals surface area contributed by atoms with Crippen molar-refractivity contribution in [3.05, 3.63) is 52.5 Å². The summed E-state index contributed by atoms with van der Waals surface area (Å²) in [5, 5.41) is 12.4. The standard InChI is InChI=1S/C22H24N4OS3/c1-15-10-11-25(18-6-2-3-7-19(18)30-15)21(27)14-29-22-24-23-20(26(22)16-8-9-16)13-17-5-4-12-28-17/h2-7,12,15-16H,8-11,13-14H2,1H3/t15-/m0/s1. The molecule has 0 bridgehead atoms. The van der Waals surface area contributed by atoms with Crippen LogP contribution in [0.25, 0.3) is 0 Å². The highest BCUT2D eigenvalue weighted by Crippen LogP contribution is 2.40. The van der Waals surface area contributed by atoms with E-state index in [0.29, 0.717) is 17.0 Å². The van der Waals surface area contributed by atoms with Crippen LogP contribution >= 0.6 is 34.9 Å². The Hall–Kier alpha value is -1.77. The maximum absolute atomic E-state index is 13.2. The monoisotopic (exact) mass is 456 g/mol. The molecule has 0 unspecified atom stereocenters. The van der Waals surface area contributed by atoms with Crippen molar-refractivity contribution >= 4 is 46.5 Å². The number of benzene rings is 1. The van der Waals surface area contributed by atoms with E-state index in [9.17, 15) is 4.79 Å². The Labute approximate surface area is 189 Å². The van der Waals surface area contributed by atoms with Crippen molar-refractivity contribution in [1.29, 1.82) is 0 Å². The second-order valence-corrected chi connectivity index (χ2v) is 11.2. The van der Waals surface area contributed by atoms with Crippen LogP contribution in [0.15, 0.2) is 51.8 Å². The molecule has 1 aliphatic carbocycles. The highest BCUT2D eigenvalue weighted by Gasteiger charge is 2.31. The second kappa shape index (κ2) is 8.77. The van der Waals surface area contributed by atoms with E-state index in [1.807, 2.05) is 22.7 Å². The lowest BCUT2D eigenvalue weighted by molar-refractivity contribution is -0.116. The Balaban J connectivity index is 1.32. The van der Waals surface area contributed by atoms with E-state index >= 15 is 0 Å². The first kappa shape index (κ1) is 20.2. The number of carbonyl (C=O) groups excluding carboxylic acids is 1. The smallest absolute Gasteiger partial charge is 0.237 e. The first-order chi connectivity index (χ1) is 14.7. The molecular weight excluding hydrogens is 432 g/mol. The third-order valence-corrected chi connectivity index (χ3v) is 8.47. The second-order valence-electron chi connectivity index (χ2n) is 7.78. The van der Waals surface area contributed by atoms with Crippen molar-refractivity contribution in [2.24, 2.45) is 0 Å². The van der Waals surface area contributed by atoms with E-state index in [4.69, 9.17) is 0 Å². The minimum Gasteiger partial charge on any atom is -0.311 e. The average Bonchev–Trinajstić information content (AvgIpc) is 3.35. The number of fused-ring (bicyclic) bond motifs is 1. The van der Waals surface area contributed by atoms with Crippen molar-refractivity contribution < 1.29 is 4.79 Å². The third kappa shape index (κ3) is 4.31. The number of thioether (sulfide) groups is 2. The van der Waals surface area contributed by atoms with Gasteiger partial charge in [-0.05, 0) is 42.8 Å². The molecule has 30 heavy (non-hydrogen) atoms. The van der Waals surface area contributed by atoms with Crippen LogP contribution < -0.4 is 4.90 Å². The average molecular weight is 457 g/mol. The summed E-state index contributed by atoms with van der Waals surface area (Å²) in [5.41, 5.74) is 1.04. The van der Waals surface area contributed by atoms with Crippen LogP contribution in [0.2, 0.25) is 0 Å². The molecule has 5 nitrogen and oxygen atoms in total. The van der Waals surface area contributed by atoms with Crippen molar-refractivity contribution in [2.45, 2.75) is 54.0 Å². The summed E-state index contributed by atoms with van der Waals surface area (Å²) in [6.45, 7) is 3.00. The number of thiophene rings is 1. The Kier molecular flexibility index (Phi) is 5.89. The molecule has 1 atom stereocenters. The number of aromatic nitrogens is 3. The van der Waals surface area contributed by atoms with E-state index in [-0.39, 0.29) is 5.91 Å². The van der Waals surface area contributed by atoms with Crippen LogP contribution in [0.3, 0.4) is 0 Å². The highest BCUT2D eigenvalue weighted by atomic mass is 32.2. The zero-order valence-electron chi connectivity index (χ0n) is 16.9. The summed E-state index contributed by atoms with van der Waals surface area (Å²) in [7, 11) is 0. The van der Waals surface area contributed by atoms with Gasteiger partial charge in [0, 0.05) is 34.0 Å². The summed E-state index contributed by atoms with van der Waals surface area (Å²) >= 11 is 5.14. The maximum atomic E-state index is 13.2. The fourth-order valence-electron chi connectivity index (χ4n) is 3.74. The van der Waals surface area contributed by atoms with Gasteiger partial charge in [-0.1, -0.05) is 36.9 Å². The number of amides is 1. The lowest BCUT2D eigenvalue weighted by Crippen LogP contribution is -2.33. The van der Waals surface area contributed by atoms with Crippen molar-refractivity contribution in [1.82, 2.24) is 14.8 Å². The molecule has 0 N–H and O–H groups in total. The predicted octanol–water partition coefficient (Wildman–Crippen LogP) is 5.27. The molecule has 5 rings (SSSR count). The zero-order chi connectivity index (χ0) is 20.5. The number of para-hydroxylation sites is 1. The first-order valence-electron chi connectivity index (χ1n) is 10.3. The molecule has 1 amide bonds. The molecule has 1 fully saturated rings. The largest absolute Gasteiger partial charge is 0.311 e. The molecule has 156 valence electrons. The van der Waals surface area contributed by atoms with Crippen molar-refractivity contribution in [2.75, 3.05) is 17.2 Å². The lowest BCUT2D eigenvalue weighted by atomic mass is 10.2. The van der Waals surface area contributed by atoms with Gasteiger partial charge < -0.3 is 9.47 Å². The Morgan fingerprint density at radius 1 is 1.17 bits per heavy atom. The zero-order valence-corrected chi connectivity index (χ0v) is 19.3. The highest BCUT2D eigenvalue weighted by molar-refractivity contribution is 8.00. The molecule has 3 heterocycles. The molecule has 0 saturated heterocycles. The number of anilines is 1. The molecule has 0 spiro atoms. The predicted molar refractivity (Wildman–Crippen MR) is 125 cm³/mol. The first-order valence-corrected chi connectivity index (χ1v) is 13.1. The van der Waals surface area contributed by atoms with Crippen LogP contribution in [0.4, 0.5) is 5.69 Å². The van der Waals surface area contributed by atoms with Gasteiger partial charge in [0.15, 0.2) is 5.16 Å². The van der Waals surface area contributed by atoms with Gasteiger partial charge in [-0.25, -0.2) is 0 Å². The molecule has 1 aromatic carbocycles. The molecule has 1 saturated carbocycles. The Morgan fingerprint density at radius 2 is 2.03 bits per heavy atom. The van der Waals surface area contributed by atoms with Crippen molar-refractivity contribution in [3.8, 4) is 0 Å². The van der Waals surface area contributed by atoms with Crippen LogP contribution in [0, 0.1) is 0 Å². The van der Waals surface area contributed by atoms with Crippen LogP contribution in [-0.4, -0.2) is 38.2 Å². The van der Waals surface area contributed by atoms with E-state index in [0.717, 1.165) is 36.1 Å². The number of carbonyl (C=O) groups is 1. The van der Waals surface area contributed by atoms with Gasteiger partial charge in [-0.15, -0.1) is 33.3 Å². The fourth-order valence-corrected chi connectivity index (χ4v) is 6.46. The number of hydrogen-bond donors (Lipinski definition) is 0. The van der Waals surface area contributed by atoms with E-state index in [1.54, 1.807) is 11.3 Å².